The summed E-state index contributed by atoms with van der Waals surface area (Å²) < 4.78 is 17.4. The van der Waals surface area contributed by atoms with Gasteiger partial charge in [-0.15, -0.1) is 0 Å². The minimum atomic E-state index is -0.875. The van der Waals surface area contributed by atoms with E-state index >= 15 is 0 Å². The molecule has 2 atom stereocenters. The highest BCUT2D eigenvalue weighted by molar-refractivity contribution is 5.72. The molecule has 0 fully saturated rings. The van der Waals surface area contributed by atoms with E-state index in [1.54, 1.807) is 0 Å². The first-order valence-electron chi connectivity index (χ1n) is 26.7. The average Bonchev–Trinajstić information content (AvgIpc) is 3.26. The van der Waals surface area contributed by atoms with Crippen LogP contribution < -0.4 is 0 Å². The number of nitrogens with zero attached hydrogens (tertiary/aromatic N) is 1. The minimum Gasteiger partial charge on any atom is -0.477 e. The third kappa shape index (κ3) is 44.5. The summed E-state index contributed by atoms with van der Waals surface area (Å²) in [7, 11) is 5.54. The minimum absolute atomic E-state index is 0.0553. The van der Waals surface area contributed by atoms with E-state index in [9.17, 15) is 19.5 Å². The number of esters is 2. The Morgan fingerprint density at radius 1 is 0.469 bits per heavy atom. The van der Waals surface area contributed by atoms with Crippen molar-refractivity contribution in [1.29, 1.82) is 0 Å². The van der Waals surface area contributed by atoms with Crippen LogP contribution in [0, 0.1) is 0 Å². The Balaban J connectivity index is 4.22. The number of rotatable bonds is 48. The molecule has 8 heteroatoms. The van der Waals surface area contributed by atoms with Crippen LogP contribution in [0.2, 0.25) is 0 Å². The molecule has 1 N–H and O–H groups in total. The van der Waals surface area contributed by atoms with Crippen LogP contribution >= 0.6 is 0 Å². The van der Waals surface area contributed by atoms with Gasteiger partial charge in [0.05, 0.1) is 34.4 Å². The molecule has 0 spiro atoms. The number of carbonyl (C=O) groups excluding carboxylic acids is 2. The molecule has 0 bridgehead atoms. The molecule has 64 heavy (non-hydrogen) atoms. The van der Waals surface area contributed by atoms with Crippen LogP contribution in [0.15, 0.2) is 48.6 Å². The Hall–Kier alpha value is -2.71. The van der Waals surface area contributed by atoms with E-state index in [1.165, 1.54) is 148 Å². The molecule has 0 amide bonds. The molecular weight excluding hydrogens is 799 g/mol. The Labute approximate surface area is 395 Å². The molecule has 0 saturated carbocycles. The fourth-order valence-corrected chi connectivity index (χ4v) is 7.80. The molecular formula is C56H102NO7+. The second-order valence-corrected chi connectivity index (χ2v) is 19.1. The molecule has 0 aliphatic heterocycles. The van der Waals surface area contributed by atoms with Gasteiger partial charge in [0.25, 0.3) is 0 Å². The number of aliphatic carboxylic acids is 1. The van der Waals surface area contributed by atoms with E-state index in [0.717, 1.165) is 57.8 Å². The molecule has 0 saturated heterocycles. The second kappa shape index (κ2) is 46.8. The van der Waals surface area contributed by atoms with Crippen LogP contribution in [0.25, 0.3) is 0 Å². The van der Waals surface area contributed by atoms with Crippen molar-refractivity contribution in [1.82, 2.24) is 0 Å². The first kappa shape index (κ1) is 61.3. The van der Waals surface area contributed by atoms with Crippen molar-refractivity contribution in [3.8, 4) is 0 Å². The van der Waals surface area contributed by atoms with Gasteiger partial charge in [-0.2, -0.15) is 0 Å². The summed E-state index contributed by atoms with van der Waals surface area (Å²) in [6, 6.07) is -0.617. The van der Waals surface area contributed by atoms with Gasteiger partial charge in [0, 0.05) is 19.3 Å². The maximum Gasteiger partial charge on any atom is 0.362 e. The Bertz CT molecular complexity index is 1190. The van der Waals surface area contributed by atoms with Gasteiger partial charge >= 0.3 is 17.9 Å². The third-order valence-electron chi connectivity index (χ3n) is 12.0. The van der Waals surface area contributed by atoms with Gasteiger partial charge in [-0.1, -0.05) is 191 Å². The number of carboxylic acids is 1. The number of carboxylic acid groups (broad SMARTS) is 1. The maximum atomic E-state index is 12.8. The van der Waals surface area contributed by atoms with Crippen molar-refractivity contribution in [2.24, 2.45) is 0 Å². The lowest BCUT2D eigenvalue weighted by Gasteiger charge is -2.31. The van der Waals surface area contributed by atoms with Crippen LogP contribution in [-0.2, 0) is 28.6 Å². The number of unbranched alkanes of at least 4 members (excludes halogenated alkanes) is 26. The molecule has 0 aromatic rings. The number of hydrogen-bond acceptors (Lipinski definition) is 6. The van der Waals surface area contributed by atoms with Gasteiger partial charge < -0.3 is 23.8 Å². The Kier molecular flexibility index (Phi) is 44.8. The molecule has 0 radical (unpaired) electrons. The lowest BCUT2D eigenvalue weighted by Crippen LogP contribution is -2.50. The topological polar surface area (TPSA) is 99.1 Å². The summed E-state index contributed by atoms with van der Waals surface area (Å²) in [6.45, 7) is 4.72. The number of ether oxygens (including phenoxy) is 3. The quantitative estimate of drug-likeness (QED) is 0.0281. The van der Waals surface area contributed by atoms with Crippen molar-refractivity contribution in [3.63, 3.8) is 0 Å². The predicted molar refractivity (Wildman–Crippen MR) is 271 cm³/mol. The smallest absolute Gasteiger partial charge is 0.362 e. The molecule has 2 unspecified atom stereocenters. The van der Waals surface area contributed by atoms with Gasteiger partial charge in [-0.3, -0.25) is 9.59 Å². The number of allylic oxidation sites excluding steroid dienone is 8. The van der Waals surface area contributed by atoms with Gasteiger partial charge in [-0.25, -0.2) is 4.79 Å². The highest BCUT2D eigenvalue weighted by atomic mass is 16.6. The maximum absolute atomic E-state index is 12.8. The highest BCUT2D eigenvalue weighted by Gasteiger charge is 2.31. The van der Waals surface area contributed by atoms with Gasteiger partial charge in [0.15, 0.2) is 12.1 Å². The van der Waals surface area contributed by atoms with E-state index in [2.05, 4.69) is 62.5 Å². The molecule has 0 aromatic carbocycles. The van der Waals surface area contributed by atoms with E-state index < -0.39 is 18.1 Å². The molecule has 0 aliphatic rings. The first-order valence-corrected chi connectivity index (χ1v) is 26.7. The van der Waals surface area contributed by atoms with Gasteiger partial charge in [0.1, 0.15) is 6.61 Å². The van der Waals surface area contributed by atoms with E-state index in [4.69, 9.17) is 14.2 Å². The fraction of sp³-hybridized carbons (Fsp3) is 0.804. The second-order valence-electron chi connectivity index (χ2n) is 19.1. The lowest BCUT2D eigenvalue weighted by atomic mass is 10.0. The van der Waals surface area contributed by atoms with Crippen LogP contribution in [0.4, 0.5) is 0 Å². The van der Waals surface area contributed by atoms with Crippen LogP contribution in [0.5, 0.6) is 0 Å². The zero-order chi connectivity index (χ0) is 47.0. The van der Waals surface area contributed by atoms with E-state index in [0.29, 0.717) is 19.3 Å². The lowest BCUT2D eigenvalue weighted by molar-refractivity contribution is -0.887. The molecule has 0 rings (SSSR count). The number of quaternary nitrogens is 1. The number of hydrogen-bond donors (Lipinski definition) is 1. The zero-order valence-electron chi connectivity index (χ0n) is 42.5. The normalized spacial score (nSPS) is 13.2. The molecule has 0 aliphatic carbocycles. The summed E-state index contributed by atoms with van der Waals surface area (Å²) in [5.41, 5.74) is 0. The first-order chi connectivity index (χ1) is 31.1. The summed E-state index contributed by atoms with van der Waals surface area (Å²) in [5.74, 6) is -1.47. The predicted octanol–water partition coefficient (Wildman–Crippen LogP) is 15.5. The SMILES string of the molecule is CCCCC/C=C\C/C=C\CCCCCCCCCC(=O)OCC(COCCC(C(=O)O)[N+](C)(C)C)OC(=O)CCCCCCCCCCCCC/C=C\C/C=C\CCCCCCC. The van der Waals surface area contributed by atoms with Crippen molar-refractivity contribution in [2.45, 2.75) is 251 Å². The monoisotopic (exact) mass is 901 g/mol. The van der Waals surface area contributed by atoms with Crippen molar-refractivity contribution in [2.75, 3.05) is 41.0 Å². The largest absolute Gasteiger partial charge is 0.477 e. The van der Waals surface area contributed by atoms with Gasteiger partial charge in [0.2, 0.25) is 0 Å². The van der Waals surface area contributed by atoms with E-state index in [-0.39, 0.29) is 36.2 Å². The summed E-state index contributed by atoms with van der Waals surface area (Å²) >= 11 is 0. The van der Waals surface area contributed by atoms with Crippen LogP contribution in [0.3, 0.4) is 0 Å². The standard InChI is InChI=1S/C56H101NO7/c1-6-8-10-12-14-16-18-20-22-24-25-26-27-28-29-31-33-35-37-39-41-43-45-47-55(59)64-52(50-62-49-48-53(56(60)61)57(3,4)5)51-63-54(58)46-44-42-40-38-36-34-32-30-23-21-19-17-15-13-11-9-7-2/h15,17-18,20-21,23-25,52-53H,6-14,16,19,22,26-51H2,1-5H3/p+1/b17-15-,20-18-,23-21-,25-24-. The Morgan fingerprint density at radius 3 is 1.23 bits per heavy atom. The molecule has 0 aromatic heterocycles. The van der Waals surface area contributed by atoms with Gasteiger partial charge in [-0.05, 0) is 77.0 Å². The summed E-state index contributed by atoms with van der Waals surface area (Å²) in [5, 5.41) is 9.66. The van der Waals surface area contributed by atoms with Crippen LogP contribution in [-0.4, -0.2) is 80.6 Å². The average molecular weight is 901 g/mol. The Morgan fingerprint density at radius 2 is 0.828 bits per heavy atom. The van der Waals surface area contributed by atoms with Crippen molar-refractivity contribution >= 4 is 17.9 Å². The fourth-order valence-electron chi connectivity index (χ4n) is 7.80. The summed E-state index contributed by atoms with van der Waals surface area (Å²) in [4.78, 5) is 37.2. The number of likely N-dealkylation sites (N-methyl/N-ethyl adjacent to an activating group) is 1. The summed E-state index contributed by atoms with van der Waals surface area (Å²) in [6.07, 6.45) is 57.3. The molecule has 372 valence electrons. The van der Waals surface area contributed by atoms with Crippen molar-refractivity contribution in [3.05, 3.63) is 48.6 Å². The zero-order valence-corrected chi connectivity index (χ0v) is 42.5. The molecule has 8 nitrogen and oxygen atoms in total. The third-order valence-corrected chi connectivity index (χ3v) is 12.0. The van der Waals surface area contributed by atoms with E-state index in [1.807, 2.05) is 21.1 Å². The van der Waals surface area contributed by atoms with Crippen LogP contribution in [0.1, 0.15) is 239 Å². The van der Waals surface area contributed by atoms with Crippen molar-refractivity contribution < 1.29 is 38.2 Å². The molecule has 0 heterocycles. The number of carbonyl (C=O) groups is 3. The highest BCUT2D eigenvalue weighted by Crippen LogP contribution is 2.15.